The molecule has 0 aliphatic carbocycles. The summed E-state index contributed by atoms with van der Waals surface area (Å²) in [5, 5.41) is 9.30. The van der Waals surface area contributed by atoms with Gasteiger partial charge in [-0.25, -0.2) is 5.01 Å². The lowest BCUT2D eigenvalue weighted by Gasteiger charge is -2.24. The largest absolute Gasteiger partial charge is 0.416 e. The number of allylic oxidation sites excluding steroid dienone is 1. The Morgan fingerprint density at radius 2 is 2.07 bits per heavy atom. The number of halogens is 3. The quantitative estimate of drug-likeness (QED) is 0.326. The first-order chi connectivity index (χ1) is 12.8. The summed E-state index contributed by atoms with van der Waals surface area (Å²) in [4.78, 5) is 18.7. The van der Waals surface area contributed by atoms with Crippen molar-refractivity contribution in [3.05, 3.63) is 40.4 Å². The van der Waals surface area contributed by atoms with Crippen LogP contribution in [0.15, 0.2) is 45.1 Å². The van der Waals surface area contributed by atoms with E-state index in [1.54, 1.807) is 16.2 Å². The molecule has 1 unspecified atom stereocenters. The molecular weight excluding hydrogens is 385 g/mol. The van der Waals surface area contributed by atoms with Crippen LogP contribution in [-0.4, -0.2) is 36.3 Å². The number of benzene rings is 1. The molecule has 144 valence electrons. The second-order valence-corrected chi connectivity index (χ2v) is 6.69. The highest BCUT2D eigenvalue weighted by molar-refractivity contribution is 8.04. The van der Waals surface area contributed by atoms with Crippen molar-refractivity contribution in [1.29, 1.82) is 0 Å². The van der Waals surface area contributed by atoms with Gasteiger partial charge in [-0.1, -0.05) is 16.9 Å². The van der Waals surface area contributed by atoms with Crippen molar-refractivity contribution in [2.24, 2.45) is 10.3 Å². The summed E-state index contributed by atoms with van der Waals surface area (Å²) >= 11 is 1.38. The van der Waals surface area contributed by atoms with Crippen LogP contribution in [0, 0.1) is 0 Å². The van der Waals surface area contributed by atoms with E-state index in [1.165, 1.54) is 31.0 Å². The van der Waals surface area contributed by atoms with E-state index in [9.17, 15) is 18.0 Å². The van der Waals surface area contributed by atoms with E-state index < -0.39 is 17.7 Å². The summed E-state index contributed by atoms with van der Waals surface area (Å²) in [6.07, 6.45) is -1.91. The number of esters is 1. The second-order valence-electron chi connectivity index (χ2n) is 5.54. The molecule has 0 spiro atoms. The first-order valence-corrected chi connectivity index (χ1v) is 8.59. The van der Waals surface area contributed by atoms with Gasteiger partial charge in [-0.05, 0) is 31.2 Å². The number of hydrazone groups is 1. The molecule has 1 aromatic rings. The van der Waals surface area contributed by atoms with E-state index in [4.69, 9.17) is 4.74 Å². The third-order valence-electron chi connectivity index (χ3n) is 3.87. The van der Waals surface area contributed by atoms with Gasteiger partial charge in [0.25, 0.3) is 0 Å². The van der Waals surface area contributed by atoms with Crippen LogP contribution < -0.4 is 4.90 Å². The van der Waals surface area contributed by atoms with Crippen molar-refractivity contribution in [1.82, 2.24) is 5.01 Å². The number of alkyl halides is 3. The maximum absolute atomic E-state index is 12.7. The molecule has 0 fully saturated rings. The number of anilines is 1. The average molecular weight is 400 g/mol. The summed E-state index contributed by atoms with van der Waals surface area (Å²) in [7, 11) is 1.33. The standard InChI is InChI=1S/C16H15F3N4O3S/c1-10-13(7-14(24)26-9-21-25-2)27-15-22(8-20-23(10)15)12-5-3-11(4-6-12)16(17,18)19/h3-6,8-9,15H,7H2,1-2H3. The molecule has 2 aliphatic heterocycles. The van der Waals surface area contributed by atoms with Crippen molar-refractivity contribution in [3.8, 4) is 0 Å². The van der Waals surface area contributed by atoms with Crippen LogP contribution in [0.1, 0.15) is 18.9 Å². The van der Waals surface area contributed by atoms with Gasteiger partial charge in [-0.15, -0.1) is 0 Å². The van der Waals surface area contributed by atoms with E-state index in [1.807, 2.05) is 6.92 Å². The molecule has 0 radical (unpaired) electrons. The molecule has 1 aromatic carbocycles. The molecule has 0 aromatic heterocycles. The van der Waals surface area contributed by atoms with Crippen molar-refractivity contribution in [2.45, 2.75) is 25.0 Å². The summed E-state index contributed by atoms with van der Waals surface area (Å²) in [6.45, 7) is 1.81. The monoisotopic (exact) mass is 400 g/mol. The lowest BCUT2D eigenvalue weighted by molar-refractivity contribution is -0.137. The number of thioether (sulfide) groups is 1. The predicted octanol–water partition coefficient (Wildman–Crippen LogP) is 3.56. The van der Waals surface area contributed by atoms with E-state index in [-0.39, 0.29) is 11.9 Å². The third-order valence-corrected chi connectivity index (χ3v) is 5.23. The molecule has 1 atom stereocenters. The molecule has 0 saturated heterocycles. The van der Waals surface area contributed by atoms with Crippen LogP contribution in [-0.2, 0) is 20.5 Å². The number of nitrogens with zero attached hydrogens (tertiary/aromatic N) is 4. The molecule has 11 heteroatoms. The molecule has 0 N–H and O–H groups in total. The molecule has 3 rings (SSSR count). The maximum Gasteiger partial charge on any atom is 0.416 e. The smallest absolute Gasteiger partial charge is 0.411 e. The van der Waals surface area contributed by atoms with Crippen LogP contribution in [0.3, 0.4) is 0 Å². The zero-order valence-electron chi connectivity index (χ0n) is 14.3. The highest BCUT2D eigenvalue weighted by atomic mass is 32.2. The minimum atomic E-state index is -4.39. The topological polar surface area (TPSA) is 66.7 Å². The highest BCUT2D eigenvalue weighted by Crippen LogP contribution is 2.45. The summed E-state index contributed by atoms with van der Waals surface area (Å²) in [5.74, 6) is -0.510. The Labute approximate surface area is 157 Å². The fourth-order valence-corrected chi connectivity index (χ4v) is 3.85. The number of oxime groups is 1. The van der Waals surface area contributed by atoms with Gasteiger partial charge in [0.2, 0.25) is 6.40 Å². The number of carbonyl (C=O) groups is 1. The average Bonchev–Trinajstić information content (AvgIpc) is 3.15. The number of ether oxygens (including phenoxy) is 1. The number of rotatable bonds is 5. The first kappa shape index (κ1) is 19.1. The van der Waals surface area contributed by atoms with Gasteiger partial charge in [-0.2, -0.15) is 18.3 Å². The number of carbonyl (C=O) groups excluding carboxylic acids is 1. The molecule has 7 nitrogen and oxygen atoms in total. The molecular formula is C16H15F3N4O3S. The van der Waals surface area contributed by atoms with Gasteiger partial charge < -0.3 is 9.57 Å². The van der Waals surface area contributed by atoms with Gasteiger partial charge in [0.05, 0.1) is 12.0 Å². The van der Waals surface area contributed by atoms with Gasteiger partial charge in [-0.3, -0.25) is 9.69 Å². The van der Waals surface area contributed by atoms with Crippen LogP contribution in [0.5, 0.6) is 0 Å². The van der Waals surface area contributed by atoms with Crippen molar-refractivity contribution in [2.75, 3.05) is 12.0 Å². The zero-order valence-corrected chi connectivity index (χ0v) is 15.1. The minimum Gasteiger partial charge on any atom is -0.411 e. The Balaban J connectivity index is 1.69. The summed E-state index contributed by atoms with van der Waals surface area (Å²) in [5.41, 5.74) is 0.317. The molecule has 0 saturated carbocycles. The van der Waals surface area contributed by atoms with Gasteiger partial charge in [0.15, 0.2) is 5.50 Å². The molecule has 2 aliphatic rings. The van der Waals surface area contributed by atoms with E-state index in [2.05, 4.69) is 15.1 Å². The second kappa shape index (κ2) is 7.51. The lowest BCUT2D eigenvalue weighted by Crippen LogP contribution is -2.33. The fraction of sp³-hybridized carbons (Fsp3) is 0.312. The van der Waals surface area contributed by atoms with Crippen LogP contribution >= 0.6 is 11.8 Å². The lowest BCUT2D eigenvalue weighted by atomic mass is 10.2. The highest BCUT2D eigenvalue weighted by Gasteiger charge is 2.39. The number of hydrogen-bond acceptors (Lipinski definition) is 8. The Kier molecular flexibility index (Phi) is 5.31. The SMILES string of the molecule is CON=COC(=O)CC1=C(C)N2N=CN(c3ccc(C(F)(F)F)cc3)C2S1. The van der Waals surface area contributed by atoms with Crippen LogP contribution in [0.2, 0.25) is 0 Å². The fourth-order valence-electron chi connectivity index (χ4n) is 2.52. The molecule has 0 amide bonds. The van der Waals surface area contributed by atoms with Crippen molar-refractivity contribution >= 4 is 36.2 Å². The van der Waals surface area contributed by atoms with Gasteiger partial charge in [0, 0.05) is 16.3 Å². The van der Waals surface area contributed by atoms with Gasteiger partial charge in [0.1, 0.15) is 13.4 Å². The number of fused-ring (bicyclic) bond motifs is 1. The first-order valence-electron chi connectivity index (χ1n) is 7.71. The Morgan fingerprint density at radius 3 is 2.70 bits per heavy atom. The Morgan fingerprint density at radius 1 is 1.37 bits per heavy atom. The number of hydrogen-bond donors (Lipinski definition) is 0. The van der Waals surface area contributed by atoms with E-state index in [0.29, 0.717) is 5.69 Å². The molecule has 27 heavy (non-hydrogen) atoms. The summed E-state index contributed by atoms with van der Waals surface area (Å²) in [6, 6.07) is 4.84. The third kappa shape index (κ3) is 4.02. The predicted molar refractivity (Wildman–Crippen MR) is 94.5 cm³/mol. The van der Waals surface area contributed by atoms with Crippen molar-refractivity contribution in [3.63, 3.8) is 0 Å². The van der Waals surface area contributed by atoms with Crippen molar-refractivity contribution < 1.29 is 27.5 Å². The van der Waals surface area contributed by atoms with Crippen LogP contribution in [0.25, 0.3) is 0 Å². The molecule has 2 heterocycles. The Bertz CT molecular complexity index is 808. The molecule has 0 bridgehead atoms. The zero-order chi connectivity index (χ0) is 19.6. The van der Waals surface area contributed by atoms with Gasteiger partial charge >= 0.3 is 12.1 Å². The van der Waals surface area contributed by atoms with E-state index in [0.717, 1.165) is 29.1 Å². The Hall–Kier alpha value is -2.69. The minimum absolute atomic E-state index is 0.0234. The van der Waals surface area contributed by atoms with Crippen LogP contribution in [0.4, 0.5) is 18.9 Å². The normalized spacial score (nSPS) is 19.2. The van der Waals surface area contributed by atoms with E-state index >= 15 is 0 Å². The summed E-state index contributed by atoms with van der Waals surface area (Å²) < 4.78 is 43.0. The maximum atomic E-state index is 12.7.